The number of halogens is 1. The highest BCUT2D eigenvalue weighted by Crippen LogP contribution is 2.25. The highest BCUT2D eigenvalue weighted by atomic mass is 19.1. The lowest BCUT2D eigenvalue weighted by atomic mass is 10.0. The summed E-state index contributed by atoms with van der Waals surface area (Å²) in [5.41, 5.74) is 0.797. The molecule has 0 aliphatic carbocycles. The van der Waals surface area contributed by atoms with Crippen molar-refractivity contribution < 1.29 is 18.7 Å². The third-order valence-corrected chi connectivity index (χ3v) is 6.98. The topological polar surface area (TPSA) is 76.9 Å². The second-order valence-electron chi connectivity index (χ2n) is 8.98. The first-order chi connectivity index (χ1) is 17.1. The van der Waals surface area contributed by atoms with Gasteiger partial charge >= 0.3 is 5.97 Å². The maximum atomic E-state index is 14.2. The number of nitrogens with zero attached hydrogens (tertiary/aromatic N) is 4. The van der Waals surface area contributed by atoms with E-state index in [1.54, 1.807) is 16.7 Å². The molecule has 2 aromatic heterocycles. The molecular weight excluding hydrogens is 451 g/mol. The average molecular weight is 481 g/mol. The summed E-state index contributed by atoms with van der Waals surface area (Å²) in [5.74, 6) is -1.38. The van der Waals surface area contributed by atoms with Gasteiger partial charge in [-0.25, -0.2) is 9.78 Å². The number of aromatic nitrogens is 2. The number of piperidine rings is 1. The minimum atomic E-state index is -0.727. The molecule has 0 radical (unpaired) electrons. The predicted octanol–water partition coefficient (Wildman–Crippen LogP) is 2.61. The van der Waals surface area contributed by atoms with Gasteiger partial charge in [0, 0.05) is 36.9 Å². The zero-order chi connectivity index (χ0) is 24.4. The Hall–Kier alpha value is -3.14. The van der Waals surface area contributed by atoms with E-state index in [-0.39, 0.29) is 22.2 Å². The van der Waals surface area contributed by atoms with Gasteiger partial charge in [-0.15, -0.1) is 0 Å². The Morgan fingerprint density at radius 3 is 2.49 bits per heavy atom. The fourth-order valence-electron chi connectivity index (χ4n) is 5.18. The zero-order valence-corrected chi connectivity index (χ0v) is 19.8. The van der Waals surface area contributed by atoms with E-state index < -0.39 is 11.9 Å². The van der Waals surface area contributed by atoms with Crippen LogP contribution in [0.5, 0.6) is 0 Å². The van der Waals surface area contributed by atoms with E-state index in [1.165, 1.54) is 19.2 Å². The van der Waals surface area contributed by atoms with Crippen LogP contribution in [-0.4, -0.2) is 77.9 Å². The van der Waals surface area contributed by atoms with Gasteiger partial charge in [0.1, 0.15) is 5.69 Å². The molecule has 3 aromatic rings. The first kappa shape index (κ1) is 23.6. The molecule has 2 saturated heterocycles. The number of likely N-dealkylation sites (tertiary alicyclic amines) is 1. The monoisotopic (exact) mass is 480 g/mol. The van der Waals surface area contributed by atoms with Crippen LogP contribution in [0.15, 0.2) is 47.3 Å². The molecule has 0 unspecified atom stereocenters. The van der Waals surface area contributed by atoms with Gasteiger partial charge in [0.2, 0.25) is 5.95 Å². The molecule has 8 nitrogen and oxygen atoms in total. The number of para-hydroxylation sites is 1. The number of morpholine rings is 1. The normalized spacial score (nSPS) is 18.1. The van der Waals surface area contributed by atoms with Gasteiger partial charge in [0.05, 0.1) is 25.7 Å². The summed E-state index contributed by atoms with van der Waals surface area (Å²) >= 11 is 0. The van der Waals surface area contributed by atoms with Crippen LogP contribution in [0.25, 0.3) is 16.7 Å². The molecule has 2 fully saturated rings. The number of methoxy groups -OCH3 is 1. The Bertz CT molecular complexity index is 1270. The van der Waals surface area contributed by atoms with Gasteiger partial charge in [-0.05, 0) is 50.2 Å². The molecular formula is C26H29FN4O4. The minimum absolute atomic E-state index is 0.0876. The summed E-state index contributed by atoms with van der Waals surface area (Å²) < 4.78 is 26.3. The van der Waals surface area contributed by atoms with Crippen LogP contribution in [-0.2, 0) is 16.0 Å². The Labute approximate surface area is 202 Å². The molecule has 0 spiro atoms. The van der Waals surface area contributed by atoms with Gasteiger partial charge in [-0.2, -0.15) is 4.39 Å². The van der Waals surface area contributed by atoms with Crippen LogP contribution in [0.3, 0.4) is 0 Å². The van der Waals surface area contributed by atoms with Crippen molar-refractivity contribution in [2.24, 2.45) is 0 Å². The Kier molecular flexibility index (Phi) is 6.90. The smallest absolute Gasteiger partial charge is 0.355 e. The molecule has 184 valence electrons. The number of carbonyl (C=O) groups is 1. The number of ether oxygens (including phenoxy) is 2. The van der Waals surface area contributed by atoms with Crippen molar-refractivity contribution in [1.82, 2.24) is 19.4 Å². The van der Waals surface area contributed by atoms with Crippen LogP contribution in [0.1, 0.15) is 28.9 Å². The number of esters is 1. The number of hydrogen-bond donors (Lipinski definition) is 0. The summed E-state index contributed by atoms with van der Waals surface area (Å²) in [5, 5.41) is 0.265. The molecule has 2 aliphatic rings. The number of benzene rings is 1. The summed E-state index contributed by atoms with van der Waals surface area (Å²) in [4.78, 5) is 35.4. The molecule has 35 heavy (non-hydrogen) atoms. The summed E-state index contributed by atoms with van der Waals surface area (Å²) in [6.07, 6.45) is 1.97. The van der Waals surface area contributed by atoms with E-state index in [2.05, 4.69) is 14.8 Å². The largest absolute Gasteiger partial charge is 0.464 e. The maximum Gasteiger partial charge on any atom is 0.355 e. The van der Waals surface area contributed by atoms with Crippen molar-refractivity contribution in [3.05, 3.63) is 69.9 Å². The first-order valence-corrected chi connectivity index (χ1v) is 12.0. The third-order valence-electron chi connectivity index (χ3n) is 6.98. The quantitative estimate of drug-likeness (QED) is 0.410. The molecule has 9 heteroatoms. The second-order valence-corrected chi connectivity index (χ2v) is 8.98. The van der Waals surface area contributed by atoms with Crippen LogP contribution in [0.4, 0.5) is 4.39 Å². The molecule has 5 rings (SSSR count). The summed E-state index contributed by atoms with van der Waals surface area (Å²) in [6.45, 7) is 5.38. The molecule has 2 aliphatic heterocycles. The minimum Gasteiger partial charge on any atom is -0.464 e. The van der Waals surface area contributed by atoms with E-state index in [9.17, 15) is 14.0 Å². The Morgan fingerprint density at radius 2 is 1.80 bits per heavy atom. The second kappa shape index (κ2) is 10.2. The SMILES string of the molecule is COC(=O)c1c(CN2CCC(N3CCOCC3)CC2)c(=O)c2ccc(F)nc2n1-c1ccccc1. The lowest BCUT2D eigenvalue weighted by Gasteiger charge is -2.40. The number of pyridine rings is 2. The van der Waals surface area contributed by atoms with Crippen molar-refractivity contribution in [1.29, 1.82) is 0 Å². The van der Waals surface area contributed by atoms with Crippen molar-refractivity contribution >= 4 is 17.0 Å². The molecule has 0 saturated carbocycles. The first-order valence-electron chi connectivity index (χ1n) is 12.0. The van der Waals surface area contributed by atoms with Gasteiger partial charge < -0.3 is 9.47 Å². The van der Waals surface area contributed by atoms with E-state index in [1.807, 2.05) is 18.2 Å². The third kappa shape index (κ3) is 4.71. The van der Waals surface area contributed by atoms with E-state index >= 15 is 0 Å². The van der Waals surface area contributed by atoms with E-state index in [4.69, 9.17) is 9.47 Å². The van der Waals surface area contributed by atoms with E-state index in [0.717, 1.165) is 52.2 Å². The highest BCUT2D eigenvalue weighted by Gasteiger charge is 2.30. The van der Waals surface area contributed by atoms with Crippen LogP contribution in [0.2, 0.25) is 0 Å². The lowest BCUT2D eigenvalue weighted by Crippen LogP contribution is -2.49. The van der Waals surface area contributed by atoms with Crippen molar-refractivity contribution in [3.8, 4) is 5.69 Å². The van der Waals surface area contributed by atoms with Crippen molar-refractivity contribution in [3.63, 3.8) is 0 Å². The maximum absolute atomic E-state index is 14.2. The molecule has 0 atom stereocenters. The van der Waals surface area contributed by atoms with Crippen molar-refractivity contribution in [2.45, 2.75) is 25.4 Å². The molecule has 4 heterocycles. The average Bonchev–Trinajstić information content (AvgIpc) is 2.91. The zero-order valence-electron chi connectivity index (χ0n) is 19.8. The summed E-state index contributed by atoms with van der Waals surface area (Å²) in [6, 6.07) is 12.2. The molecule has 1 aromatic carbocycles. The number of hydrogen-bond acceptors (Lipinski definition) is 7. The van der Waals surface area contributed by atoms with Gasteiger partial charge in [-0.3, -0.25) is 19.2 Å². The molecule has 0 amide bonds. The fraction of sp³-hybridized carbons (Fsp3) is 0.423. The highest BCUT2D eigenvalue weighted by molar-refractivity contribution is 5.94. The lowest BCUT2D eigenvalue weighted by molar-refractivity contribution is 0.000167. The Balaban J connectivity index is 1.55. The summed E-state index contributed by atoms with van der Waals surface area (Å²) in [7, 11) is 1.28. The van der Waals surface area contributed by atoms with Crippen molar-refractivity contribution in [2.75, 3.05) is 46.5 Å². The van der Waals surface area contributed by atoms with Crippen LogP contribution < -0.4 is 5.43 Å². The van der Waals surface area contributed by atoms with Gasteiger partial charge in [0.25, 0.3) is 0 Å². The number of fused-ring (bicyclic) bond motifs is 1. The standard InChI is InChI=1S/C26H29FN4O4/c1-34-26(33)23-21(17-29-11-9-18(10-12-29)30-13-15-35-16-14-30)24(32)20-7-8-22(27)28-25(20)31(23)19-5-3-2-4-6-19/h2-8,18H,9-17H2,1H3. The van der Waals surface area contributed by atoms with Gasteiger partial charge in [-0.1, -0.05) is 18.2 Å². The Morgan fingerprint density at radius 1 is 1.09 bits per heavy atom. The van der Waals surface area contributed by atoms with Crippen LogP contribution >= 0.6 is 0 Å². The van der Waals surface area contributed by atoms with E-state index in [0.29, 0.717) is 23.8 Å². The van der Waals surface area contributed by atoms with Crippen LogP contribution in [0, 0.1) is 5.95 Å². The number of rotatable bonds is 5. The molecule has 0 bridgehead atoms. The van der Waals surface area contributed by atoms with Gasteiger partial charge in [0.15, 0.2) is 11.1 Å². The fourth-order valence-corrected chi connectivity index (χ4v) is 5.18. The predicted molar refractivity (Wildman–Crippen MR) is 129 cm³/mol. The number of carbonyl (C=O) groups excluding carboxylic acids is 1. The molecule has 0 N–H and O–H groups in total.